The molecule has 0 unspecified atom stereocenters. The molecule has 29 heavy (non-hydrogen) atoms. The molecule has 0 radical (unpaired) electrons. The Kier molecular flexibility index (Phi) is 3.98. The van der Waals surface area contributed by atoms with E-state index in [1.165, 1.54) is 24.3 Å². The SMILES string of the molecule is COc1ccc2ncc3c(-c4ccc(F)cc4)nn(-c4cccc(F)c4)c3c2c1. The Hall–Kier alpha value is -3.80. The van der Waals surface area contributed by atoms with Gasteiger partial charge in [-0.25, -0.2) is 13.5 Å². The van der Waals surface area contributed by atoms with Crippen molar-refractivity contribution in [1.29, 1.82) is 0 Å². The van der Waals surface area contributed by atoms with Crippen LogP contribution in [0.15, 0.2) is 72.9 Å². The molecule has 2 aromatic heterocycles. The molecule has 3 aromatic carbocycles. The molecule has 0 bridgehead atoms. The van der Waals surface area contributed by atoms with E-state index in [9.17, 15) is 8.78 Å². The van der Waals surface area contributed by atoms with E-state index in [1.807, 2.05) is 18.2 Å². The minimum absolute atomic E-state index is 0.323. The van der Waals surface area contributed by atoms with E-state index in [0.717, 1.165) is 27.4 Å². The van der Waals surface area contributed by atoms with Gasteiger partial charge in [0, 0.05) is 22.5 Å². The number of ether oxygens (including phenoxy) is 1. The van der Waals surface area contributed by atoms with Crippen LogP contribution in [0.25, 0.3) is 38.8 Å². The molecule has 0 aliphatic rings. The maximum absolute atomic E-state index is 13.9. The quantitative estimate of drug-likeness (QED) is 0.409. The fourth-order valence-corrected chi connectivity index (χ4v) is 3.51. The molecular formula is C23H15F2N3O. The van der Waals surface area contributed by atoms with Gasteiger partial charge in [-0.3, -0.25) is 4.98 Å². The summed E-state index contributed by atoms with van der Waals surface area (Å²) < 4.78 is 34.5. The third kappa shape index (κ3) is 2.89. The molecule has 0 aliphatic carbocycles. The van der Waals surface area contributed by atoms with Crippen LogP contribution in [-0.2, 0) is 0 Å². The molecule has 0 N–H and O–H groups in total. The predicted molar refractivity (Wildman–Crippen MR) is 108 cm³/mol. The number of hydrogen-bond acceptors (Lipinski definition) is 3. The second-order valence-electron chi connectivity index (χ2n) is 6.65. The van der Waals surface area contributed by atoms with Gasteiger partial charge in [-0.05, 0) is 60.7 Å². The minimum Gasteiger partial charge on any atom is -0.497 e. The van der Waals surface area contributed by atoms with Crippen molar-refractivity contribution < 1.29 is 13.5 Å². The number of methoxy groups -OCH3 is 1. The first-order chi connectivity index (χ1) is 14.1. The van der Waals surface area contributed by atoms with Crippen LogP contribution in [0.1, 0.15) is 0 Å². The molecule has 142 valence electrons. The van der Waals surface area contributed by atoms with Crippen molar-refractivity contribution in [3.63, 3.8) is 0 Å². The maximum Gasteiger partial charge on any atom is 0.125 e. The van der Waals surface area contributed by atoms with E-state index in [0.29, 0.717) is 17.1 Å². The van der Waals surface area contributed by atoms with Crippen molar-refractivity contribution >= 4 is 21.8 Å². The zero-order valence-electron chi connectivity index (χ0n) is 15.4. The summed E-state index contributed by atoms with van der Waals surface area (Å²) in [6.07, 6.45) is 1.74. The van der Waals surface area contributed by atoms with E-state index in [-0.39, 0.29) is 11.6 Å². The second kappa shape index (κ2) is 6.67. The third-order valence-corrected chi connectivity index (χ3v) is 4.88. The van der Waals surface area contributed by atoms with Crippen LogP contribution in [0.4, 0.5) is 8.78 Å². The lowest BCUT2D eigenvalue weighted by molar-refractivity contribution is 0.415. The number of halogens is 2. The molecule has 5 aromatic rings. The summed E-state index contributed by atoms with van der Waals surface area (Å²) in [6.45, 7) is 0. The van der Waals surface area contributed by atoms with Crippen molar-refractivity contribution in [3.05, 3.63) is 84.6 Å². The molecule has 6 heteroatoms. The van der Waals surface area contributed by atoms with E-state index in [2.05, 4.69) is 4.98 Å². The average Bonchev–Trinajstić information content (AvgIpc) is 3.14. The first-order valence-electron chi connectivity index (χ1n) is 9.01. The lowest BCUT2D eigenvalue weighted by atomic mass is 10.1. The van der Waals surface area contributed by atoms with Gasteiger partial charge in [0.2, 0.25) is 0 Å². The lowest BCUT2D eigenvalue weighted by Crippen LogP contribution is -1.98. The third-order valence-electron chi connectivity index (χ3n) is 4.88. The molecule has 4 nitrogen and oxygen atoms in total. The number of pyridine rings is 1. The van der Waals surface area contributed by atoms with E-state index < -0.39 is 0 Å². The van der Waals surface area contributed by atoms with Gasteiger partial charge in [-0.1, -0.05) is 6.07 Å². The molecule has 0 atom stereocenters. The van der Waals surface area contributed by atoms with Crippen LogP contribution in [0.2, 0.25) is 0 Å². The zero-order valence-corrected chi connectivity index (χ0v) is 15.4. The van der Waals surface area contributed by atoms with Gasteiger partial charge in [0.05, 0.1) is 23.8 Å². The Bertz CT molecular complexity index is 1360. The molecule has 0 spiro atoms. The predicted octanol–water partition coefficient (Wildman–Crippen LogP) is 5.53. The van der Waals surface area contributed by atoms with Gasteiger partial charge < -0.3 is 4.74 Å². The van der Waals surface area contributed by atoms with Crippen LogP contribution in [0.5, 0.6) is 5.75 Å². The van der Waals surface area contributed by atoms with Crippen LogP contribution >= 0.6 is 0 Å². The highest BCUT2D eigenvalue weighted by Gasteiger charge is 2.18. The Balaban J connectivity index is 1.90. The van der Waals surface area contributed by atoms with Gasteiger partial charge in [-0.2, -0.15) is 5.10 Å². The molecule has 0 fully saturated rings. The largest absolute Gasteiger partial charge is 0.497 e. The normalized spacial score (nSPS) is 11.3. The summed E-state index contributed by atoms with van der Waals surface area (Å²) in [5.74, 6) is 0.00322. The smallest absolute Gasteiger partial charge is 0.125 e. The van der Waals surface area contributed by atoms with E-state index in [1.54, 1.807) is 42.3 Å². The summed E-state index contributed by atoms with van der Waals surface area (Å²) in [6, 6.07) is 17.9. The molecule has 2 heterocycles. The standard InChI is InChI=1S/C23H15F2N3O/c1-29-18-9-10-21-19(12-18)23-20(13-26-21)22(14-5-7-15(24)8-6-14)27-28(23)17-4-2-3-16(25)11-17/h2-13H,1H3. The van der Waals surface area contributed by atoms with Crippen LogP contribution in [0.3, 0.4) is 0 Å². The fraction of sp³-hybridized carbons (Fsp3) is 0.0435. The topological polar surface area (TPSA) is 39.9 Å². The highest BCUT2D eigenvalue weighted by molar-refractivity contribution is 6.09. The van der Waals surface area contributed by atoms with Crippen LogP contribution in [0, 0.1) is 11.6 Å². The minimum atomic E-state index is -0.356. The highest BCUT2D eigenvalue weighted by Crippen LogP contribution is 2.35. The molecule has 0 saturated heterocycles. The van der Waals surface area contributed by atoms with Gasteiger partial charge in [-0.15, -0.1) is 0 Å². The Morgan fingerprint density at radius 3 is 2.45 bits per heavy atom. The average molecular weight is 387 g/mol. The van der Waals surface area contributed by atoms with E-state index in [4.69, 9.17) is 9.84 Å². The fourth-order valence-electron chi connectivity index (χ4n) is 3.51. The summed E-state index contributed by atoms with van der Waals surface area (Å²) in [7, 11) is 1.60. The molecule has 0 amide bonds. The van der Waals surface area contributed by atoms with Gasteiger partial charge >= 0.3 is 0 Å². The highest BCUT2D eigenvalue weighted by atomic mass is 19.1. The van der Waals surface area contributed by atoms with Crippen molar-refractivity contribution in [3.8, 4) is 22.7 Å². The van der Waals surface area contributed by atoms with Gasteiger partial charge in [0.25, 0.3) is 0 Å². The van der Waals surface area contributed by atoms with Crippen molar-refractivity contribution in [2.45, 2.75) is 0 Å². The summed E-state index contributed by atoms with van der Waals surface area (Å²) in [4.78, 5) is 4.56. The Labute approximate surface area is 165 Å². The lowest BCUT2D eigenvalue weighted by Gasteiger charge is -2.07. The summed E-state index contributed by atoms with van der Waals surface area (Å²) in [5.41, 5.74) is 3.51. The van der Waals surface area contributed by atoms with E-state index >= 15 is 0 Å². The number of fused-ring (bicyclic) bond motifs is 3. The summed E-state index contributed by atoms with van der Waals surface area (Å²) in [5, 5.41) is 6.36. The first-order valence-corrected chi connectivity index (χ1v) is 9.01. The number of aromatic nitrogens is 3. The monoisotopic (exact) mass is 387 g/mol. The molecule has 5 rings (SSSR count). The van der Waals surface area contributed by atoms with Gasteiger partial charge in [0.1, 0.15) is 23.1 Å². The zero-order chi connectivity index (χ0) is 20.0. The molecule has 0 saturated carbocycles. The van der Waals surface area contributed by atoms with Crippen LogP contribution < -0.4 is 4.74 Å². The Morgan fingerprint density at radius 2 is 1.69 bits per heavy atom. The van der Waals surface area contributed by atoms with Crippen LogP contribution in [-0.4, -0.2) is 21.9 Å². The molecule has 0 aliphatic heterocycles. The number of benzene rings is 3. The number of nitrogens with zero attached hydrogens (tertiary/aromatic N) is 3. The van der Waals surface area contributed by atoms with Crippen molar-refractivity contribution in [2.24, 2.45) is 0 Å². The summed E-state index contributed by atoms with van der Waals surface area (Å²) >= 11 is 0. The Morgan fingerprint density at radius 1 is 0.862 bits per heavy atom. The van der Waals surface area contributed by atoms with Gasteiger partial charge in [0.15, 0.2) is 0 Å². The number of hydrogen-bond donors (Lipinski definition) is 0. The maximum atomic E-state index is 13.9. The van der Waals surface area contributed by atoms with Crippen molar-refractivity contribution in [2.75, 3.05) is 7.11 Å². The number of rotatable bonds is 3. The van der Waals surface area contributed by atoms with Crippen molar-refractivity contribution in [1.82, 2.24) is 14.8 Å². The molecular weight excluding hydrogens is 372 g/mol. The first kappa shape index (κ1) is 17.3. The second-order valence-corrected chi connectivity index (χ2v) is 6.65.